The molecule has 0 bridgehead atoms. The molecule has 1 aliphatic rings. The number of carbonyl (C=O) groups excluding carboxylic acids is 1. The molecule has 0 fully saturated rings. The van der Waals surface area contributed by atoms with Gasteiger partial charge in [0.1, 0.15) is 41.7 Å². The number of benzene rings is 1. The van der Waals surface area contributed by atoms with Gasteiger partial charge in [0, 0.05) is 0 Å². The van der Waals surface area contributed by atoms with Gasteiger partial charge in [0.2, 0.25) is 0 Å². The molecule has 0 saturated carbocycles. The van der Waals surface area contributed by atoms with Gasteiger partial charge < -0.3 is 25.3 Å². The topological polar surface area (TPSA) is 144 Å². The summed E-state index contributed by atoms with van der Waals surface area (Å²) in [6.07, 6.45) is -6.24. The Kier molecular flexibility index (Phi) is 5.62. The van der Waals surface area contributed by atoms with E-state index in [-0.39, 0.29) is 0 Å². The second-order valence-electron chi connectivity index (χ2n) is 4.90. The number of hydroxylamine groups is 1. The number of para-hydroxylation sites is 1. The van der Waals surface area contributed by atoms with Crippen LogP contribution in [0.4, 0.5) is 19.3 Å². The van der Waals surface area contributed by atoms with Crippen molar-refractivity contribution in [3.8, 4) is 0 Å². The van der Waals surface area contributed by atoms with Crippen molar-refractivity contribution in [1.29, 1.82) is 0 Å². The summed E-state index contributed by atoms with van der Waals surface area (Å²) >= 11 is 0. The summed E-state index contributed by atoms with van der Waals surface area (Å²) in [5.74, 6) is -2.50. The van der Waals surface area contributed by atoms with E-state index in [0.29, 0.717) is 0 Å². The molecule has 24 heavy (non-hydrogen) atoms. The molecule has 1 aromatic rings. The Morgan fingerprint density at radius 2 is 1.83 bits per heavy atom. The molecule has 6 N–H and O–H groups in total. The molecule has 0 radical (unpaired) electrons. The van der Waals surface area contributed by atoms with Gasteiger partial charge in [-0.2, -0.15) is 0 Å². The monoisotopic (exact) mass is 347 g/mol. The predicted octanol–water partition coefficient (Wildman–Crippen LogP) is -1.13. The number of halogens is 2. The lowest BCUT2D eigenvalue weighted by Gasteiger charge is -2.32. The maximum Gasteiger partial charge on any atom is 0.436 e. The van der Waals surface area contributed by atoms with Crippen LogP contribution in [-0.2, 0) is 4.84 Å². The molecule has 9 nitrogen and oxygen atoms in total. The van der Waals surface area contributed by atoms with Crippen LogP contribution < -0.4 is 10.8 Å². The third kappa shape index (κ3) is 3.76. The highest BCUT2D eigenvalue weighted by molar-refractivity contribution is 5.90. The smallest absolute Gasteiger partial charge is 0.394 e. The number of amidine groups is 1. The third-order valence-electron chi connectivity index (χ3n) is 3.28. The van der Waals surface area contributed by atoms with Gasteiger partial charge in [-0.15, -0.1) is 0 Å². The maximum atomic E-state index is 13.4. The number of hydrogen-bond donors (Lipinski definition) is 6. The Hall–Kier alpha value is -2.34. The Morgan fingerprint density at radius 3 is 2.42 bits per heavy atom. The Labute approximate surface area is 134 Å². The van der Waals surface area contributed by atoms with Crippen LogP contribution in [0.2, 0.25) is 0 Å². The quantitative estimate of drug-likeness (QED) is 0.372. The number of amides is 1. The first-order valence-corrected chi connectivity index (χ1v) is 6.75. The van der Waals surface area contributed by atoms with Crippen molar-refractivity contribution in [1.82, 2.24) is 5.48 Å². The van der Waals surface area contributed by atoms with Crippen LogP contribution in [0.1, 0.15) is 0 Å². The molecular weight excluding hydrogens is 332 g/mol. The minimum Gasteiger partial charge on any atom is -0.394 e. The minimum atomic E-state index is -1.72. The van der Waals surface area contributed by atoms with Crippen LogP contribution in [-0.4, -0.2) is 63.3 Å². The van der Waals surface area contributed by atoms with Gasteiger partial charge in [-0.05, 0) is 12.1 Å². The van der Waals surface area contributed by atoms with Crippen LogP contribution in [0.5, 0.6) is 0 Å². The SMILES string of the molecule is O=C(Nc1c(F)cccc1F)ONC1=N[C@H](CO)[C@@H](O)[C@H](O)[C@H]1O. The van der Waals surface area contributed by atoms with E-state index in [1.165, 1.54) is 0 Å². The predicted molar refractivity (Wildman–Crippen MR) is 75.9 cm³/mol. The zero-order chi connectivity index (χ0) is 17.9. The standard InChI is InChI=1S/C13H15F2N3O6/c14-5-2-1-3-6(15)8(5)17-13(23)24-18-12-11(22)10(21)9(20)7(4-19)16-12/h1-3,7,9-11,19-22H,4H2,(H,16,18)(H,17,23)/t7-,9-,10+,11-/m1/s1. The highest BCUT2D eigenvalue weighted by Crippen LogP contribution is 2.18. The summed E-state index contributed by atoms with van der Waals surface area (Å²) in [7, 11) is 0. The molecular formula is C13H15F2N3O6. The van der Waals surface area contributed by atoms with E-state index in [2.05, 4.69) is 9.83 Å². The Morgan fingerprint density at radius 1 is 1.21 bits per heavy atom. The van der Waals surface area contributed by atoms with Gasteiger partial charge in [-0.3, -0.25) is 10.3 Å². The van der Waals surface area contributed by atoms with Crippen molar-refractivity contribution in [3.05, 3.63) is 29.8 Å². The summed E-state index contributed by atoms with van der Waals surface area (Å²) in [6, 6.07) is 1.80. The van der Waals surface area contributed by atoms with Gasteiger partial charge in [0.25, 0.3) is 0 Å². The number of nitrogens with zero attached hydrogens (tertiary/aromatic N) is 1. The minimum absolute atomic E-state index is 0.448. The van der Waals surface area contributed by atoms with E-state index in [0.717, 1.165) is 18.2 Å². The van der Waals surface area contributed by atoms with E-state index in [9.17, 15) is 28.9 Å². The second-order valence-corrected chi connectivity index (χ2v) is 4.90. The molecule has 1 amide bonds. The molecule has 2 rings (SSSR count). The number of nitrogens with one attached hydrogen (secondary N) is 2. The van der Waals surface area contributed by atoms with E-state index >= 15 is 0 Å². The highest BCUT2D eigenvalue weighted by Gasteiger charge is 2.39. The number of aliphatic imine (C=N–C) groups is 1. The molecule has 0 aromatic heterocycles. The van der Waals surface area contributed by atoms with E-state index < -0.39 is 60.2 Å². The van der Waals surface area contributed by atoms with Crippen LogP contribution in [0.25, 0.3) is 0 Å². The molecule has 0 aliphatic carbocycles. The molecule has 0 saturated heterocycles. The zero-order valence-electron chi connectivity index (χ0n) is 12.1. The summed E-state index contributed by atoms with van der Waals surface area (Å²) in [5.41, 5.74) is 1.17. The normalized spacial score (nSPS) is 26.5. The number of aliphatic hydroxyl groups is 4. The molecule has 0 spiro atoms. The third-order valence-corrected chi connectivity index (χ3v) is 3.28. The first-order valence-electron chi connectivity index (χ1n) is 6.75. The first-order chi connectivity index (χ1) is 11.3. The van der Waals surface area contributed by atoms with Gasteiger partial charge >= 0.3 is 6.09 Å². The summed E-state index contributed by atoms with van der Waals surface area (Å²) < 4.78 is 26.8. The highest BCUT2D eigenvalue weighted by atomic mass is 19.1. The van der Waals surface area contributed by atoms with Crippen LogP contribution >= 0.6 is 0 Å². The van der Waals surface area contributed by atoms with Crippen LogP contribution in [0.15, 0.2) is 23.2 Å². The number of anilines is 1. The van der Waals surface area contributed by atoms with E-state index in [4.69, 9.17) is 5.11 Å². The molecule has 1 aliphatic heterocycles. The molecule has 1 heterocycles. The fraction of sp³-hybridized carbons (Fsp3) is 0.385. The zero-order valence-corrected chi connectivity index (χ0v) is 12.1. The van der Waals surface area contributed by atoms with Crippen molar-refractivity contribution in [2.45, 2.75) is 24.4 Å². The Bertz CT molecular complexity index is 624. The van der Waals surface area contributed by atoms with Gasteiger partial charge in [0.15, 0.2) is 5.84 Å². The summed E-state index contributed by atoms with van der Waals surface area (Å²) in [4.78, 5) is 19.6. The van der Waals surface area contributed by atoms with Gasteiger partial charge in [-0.25, -0.2) is 19.1 Å². The van der Waals surface area contributed by atoms with Crippen molar-refractivity contribution in [2.75, 3.05) is 11.9 Å². The van der Waals surface area contributed by atoms with Gasteiger partial charge in [0.05, 0.1) is 6.61 Å². The fourth-order valence-electron chi connectivity index (χ4n) is 1.99. The van der Waals surface area contributed by atoms with E-state index in [1.54, 1.807) is 5.32 Å². The van der Waals surface area contributed by atoms with Crippen LogP contribution in [0.3, 0.4) is 0 Å². The lowest BCUT2D eigenvalue weighted by molar-refractivity contribution is -0.0624. The van der Waals surface area contributed by atoms with Crippen molar-refractivity contribution < 1.29 is 38.8 Å². The second kappa shape index (κ2) is 7.49. The van der Waals surface area contributed by atoms with Crippen molar-refractivity contribution >= 4 is 17.6 Å². The van der Waals surface area contributed by atoms with Crippen molar-refractivity contribution in [2.24, 2.45) is 4.99 Å². The molecule has 0 unspecified atom stereocenters. The first kappa shape index (κ1) is 18.0. The number of carbonyl (C=O) groups is 1. The molecule has 11 heteroatoms. The van der Waals surface area contributed by atoms with E-state index in [1.807, 2.05) is 5.48 Å². The lowest BCUT2D eigenvalue weighted by Crippen LogP contribution is -2.56. The van der Waals surface area contributed by atoms with Crippen LogP contribution in [0, 0.1) is 11.6 Å². The maximum absolute atomic E-state index is 13.4. The fourth-order valence-corrected chi connectivity index (χ4v) is 1.99. The van der Waals surface area contributed by atoms with Crippen molar-refractivity contribution in [3.63, 3.8) is 0 Å². The Balaban J connectivity index is 2.01. The summed E-state index contributed by atoms with van der Waals surface area (Å²) in [6.45, 7) is -0.636. The van der Waals surface area contributed by atoms with Gasteiger partial charge in [-0.1, -0.05) is 6.07 Å². The number of aliphatic hydroxyl groups excluding tert-OH is 4. The average molecular weight is 347 g/mol. The molecule has 4 atom stereocenters. The molecule has 132 valence electrons. The largest absolute Gasteiger partial charge is 0.436 e. The summed E-state index contributed by atoms with van der Waals surface area (Å²) in [5, 5.41) is 39.7. The molecule has 1 aromatic carbocycles. The number of hydrogen-bond acceptors (Lipinski definition) is 8. The number of rotatable bonds is 2. The lowest BCUT2D eigenvalue weighted by atomic mass is 9.97. The average Bonchev–Trinajstić information content (AvgIpc) is 2.55.